The van der Waals surface area contributed by atoms with Crippen molar-refractivity contribution in [2.45, 2.75) is 18.4 Å². The van der Waals surface area contributed by atoms with Gasteiger partial charge in [0.25, 0.3) is 0 Å². The maximum atomic E-state index is 12.0. The van der Waals surface area contributed by atoms with Crippen molar-refractivity contribution in [1.29, 1.82) is 0 Å². The number of nitrogens with two attached hydrogens (primary N) is 1. The minimum Gasteiger partial charge on any atom is -0.457 e. The normalized spacial score (nSPS) is 17.2. The molecule has 8 heteroatoms. The zero-order chi connectivity index (χ0) is 26.8. The van der Waals surface area contributed by atoms with Crippen molar-refractivity contribution in [2.24, 2.45) is 0 Å². The molecule has 1 saturated heterocycles. The monoisotopic (exact) mass is 516 g/mol. The molecule has 0 radical (unpaired) electrons. The zero-order valence-electron chi connectivity index (χ0n) is 21.4. The van der Waals surface area contributed by atoms with Gasteiger partial charge in [-0.15, -0.1) is 0 Å². The fourth-order valence-electron chi connectivity index (χ4n) is 5.39. The number of nitrogens with zero attached hydrogens (tertiary/aromatic N) is 5. The van der Waals surface area contributed by atoms with Crippen molar-refractivity contribution in [3.63, 3.8) is 0 Å². The number of carbonyl (C=O) groups is 1. The van der Waals surface area contributed by atoms with Crippen molar-refractivity contribution < 1.29 is 9.53 Å². The van der Waals surface area contributed by atoms with Gasteiger partial charge in [0.15, 0.2) is 5.65 Å². The van der Waals surface area contributed by atoms with E-state index >= 15 is 0 Å². The van der Waals surface area contributed by atoms with Gasteiger partial charge in [-0.3, -0.25) is 4.79 Å². The summed E-state index contributed by atoms with van der Waals surface area (Å²) in [5, 5.41) is 5.80. The number of hydrogen-bond donors (Lipinski definition) is 1. The van der Waals surface area contributed by atoms with Crippen molar-refractivity contribution >= 4 is 28.8 Å². The first kappa shape index (κ1) is 24.4. The largest absolute Gasteiger partial charge is 0.457 e. The Morgan fingerprint density at radius 3 is 2.36 bits per heavy atom. The fraction of sp³-hybridized carbons (Fsp3) is 0.161. The number of para-hydroxylation sites is 1. The van der Waals surface area contributed by atoms with Crippen LogP contribution < -0.4 is 10.5 Å². The second kappa shape index (κ2) is 10.1. The van der Waals surface area contributed by atoms with Gasteiger partial charge in [0.1, 0.15) is 34.9 Å². The van der Waals surface area contributed by atoms with Gasteiger partial charge in [-0.05, 0) is 60.4 Å². The van der Waals surface area contributed by atoms with Crippen LogP contribution in [0.15, 0.2) is 97.8 Å². The average molecular weight is 517 g/mol. The van der Waals surface area contributed by atoms with E-state index < -0.39 is 5.54 Å². The third-order valence-electron chi connectivity index (χ3n) is 7.34. The maximum Gasteiger partial charge on any atom is 0.209 e. The lowest BCUT2D eigenvalue weighted by molar-refractivity contribution is -0.120. The number of hydrogen-bond acceptors (Lipinski definition) is 6. The van der Waals surface area contributed by atoms with Crippen LogP contribution >= 0.6 is 0 Å². The van der Waals surface area contributed by atoms with Crippen LogP contribution in [0, 0.1) is 0 Å². The van der Waals surface area contributed by atoms with Crippen molar-refractivity contribution in [2.75, 3.05) is 18.8 Å². The number of fused-ring (bicyclic) bond motifs is 1. The molecule has 0 saturated carbocycles. The first-order valence-electron chi connectivity index (χ1n) is 12.9. The summed E-state index contributed by atoms with van der Waals surface area (Å²) in [7, 11) is 0. The minimum atomic E-state index is -0.714. The van der Waals surface area contributed by atoms with E-state index in [1.807, 2.05) is 89.6 Å². The summed E-state index contributed by atoms with van der Waals surface area (Å²) in [4.78, 5) is 22.7. The summed E-state index contributed by atoms with van der Waals surface area (Å²) in [5.74, 6) is 1.81. The van der Waals surface area contributed by atoms with Crippen molar-refractivity contribution in [3.8, 4) is 22.8 Å². The Hall–Kier alpha value is -4.98. The second-order valence-corrected chi connectivity index (χ2v) is 9.71. The molecule has 1 unspecified atom stereocenters. The number of nitrogen functional groups attached to an aromatic ring is 1. The number of ether oxygens (including phenoxy) is 1. The van der Waals surface area contributed by atoms with Gasteiger partial charge in [0.05, 0.1) is 5.39 Å². The zero-order valence-corrected chi connectivity index (χ0v) is 21.4. The molecule has 2 aromatic heterocycles. The highest BCUT2D eigenvalue weighted by Crippen LogP contribution is 2.43. The summed E-state index contributed by atoms with van der Waals surface area (Å²) in [5.41, 5.74) is 9.70. The average Bonchev–Trinajstić information content (AvgIpc) is 3.40. The van der Waals surface area contributed by atoms with E-state index in [2.05, 4.69) is 16.5 Å². The van der Waals surface area contributed by atoms with E-state index in [-0.39, 0.29) is 0 Å². The number of anilines is 1. The van der Waals surface area contributed by atoms with Crippen molar-refractivity contribution in [1.82, 2.24) is 24.6 Å². The van der Waals surface area contributed by atoms with Crippen LogP contribution in [0.4, 0.5) is 5.82 Å². The Morgan fingerprint density at radius 1 is 0.949 bits per heavy atom. The Balaban J connectivity index is 1.49. The van der Waals surface area contributed by atoms with E-state index in [1.54, 1.807) is 4.90 Å². The highest BCUT2D eigenvalue weighted by molar-refractivity contribution is 5.98. The number of aromatic nitrogens is 4. The Bertz CT molecular complexity index is 1630. The summed E-state index contributed by atoms with van der Waals surface area (Å²) in [6.45, 7) is 5.64. The van der Waals surface area contributed by atoms with Crippen LogP contribution in [-0.2, 0) is 10.3 Å². The molecule has 39 heavy (non-hydrogen) atoms. The lowest BCUT2D eigenvalue weighted by Crippen LogP contribution is -2.50. The van der Waals surface area contributed by atoms with Gasteiger partial charge >= 0.3 is 0 Å². The van der Waals surface area contributed by atoms with Gasteiger partial charge in [-0.1, -0.05) is 55.1 Å². The molecule has 1 fully saturated rings. The number of benzene rings is 3. The van der Waals surface area contributed by atoms with Gasteiger partial charge < -0.3 is 15.4 Å². The fourth-order valence-corrected chi connectivity index (χ4v) is 5.39. The predicted molar refractivity (Wildman–Crippen MR) is 152 cm³/mol. The number of amides is 1. The Labute approximate surface area is 226 Å². The van der Waals surface area contributed by atoms with Crippen LogP contribution in [0.1, 0.15) is 18.4 Å². The minimum absolute atomic E-state index is 0.342. The van der Waals surface area contributed by atoms with Crippen LogP contribution in [0.25, 0.3) is 27.9 Å². The van der Waals surface area contributed by atoms with Gasteiger partial charge in [-0.2, -0.15) is 5.10 Å². The molecule has 1 atom stereocenters. The van der Waals surface area contributed by atoms with E-state index in [0.717, 1.165) is 41.7 Å². The molecular formula is C31H28N6O2. The smallest absolute Gasteiger partial charge is 0.209 e. The molecule has 2 N–H and O–H groups in total. The standard InChI is InChI=1S/C31H28N6O2/c1-22(23-9-4-2-5-10-23)31(17-8-18-36(19-31)21-38)37-30-27(29(32)33-20-34-30)28(35-37)24-13-15-26(16-14-24)39-25-11-6-3-7-12-25/h2-7,9-16,20-21H,1,8,17-19H2,(H2,32,33,34). The van der Waals surface area contributed by atoms with Gasteiger partial charge in [-0.25, -0.2) is 14.6 Å². The van der Waals surface area contributed by atoms with Gasteiger partial charge in [0, 0.05) is 18.7 Å². The molecule has 3 aromatic carbocycles. The summed E-state index contributed by atoms with van der Waals surface area (Å²) in [6, 6.07) is 27.4. The predicted octanol–water partition coefficient (Wildman–Crippen LogP) is 5.53. The Kier molecular flexibility index (Phi) is 6.28. The van der Waals surface area contributed by atoms with Crippen LogP contribution in [-0.4, -0.2) is 44.1 Å². The molecule has 1 aliphatic rings. The maximum absolute atomic E-state index is 12.0. The molecule has 6 rings (SSSR count). The number of carbonyl (C=O) groups excluding carboxylic acids is 1. The summed E-state index contributed by atoms with van der Waals surface area (Å²) >= 11 is 0. The number of likely N-dealkylation sites (tertiary alicyclic amines) is 1. The molecular weight excluding hydrogens is 488 g/mol. The van der Waals surface area contributed by atoms with Crippen molar-refractivity contribution in [3.05, 3.63) is 103 Å². The molecule has 194 valence electrons. The molecule has 1 amide bonds. The summed E-state index contributed by atoms with van der Waals surface area (Å²) < 4.78 is 7.89. The van der Waals surface area contributed by atoms with E-state index in [9.17, 15) is 4.79 Å². The first-order chi connectivity index (χ1) is 19.1. The lowest BCUT2D eigenvalue weighted by atomic mass is 9.79. The van der Waals surface area contributed by atoms with E-state index in [1.165, 1.54) is 6.33 Å². The first-order valence-corrected chi connectivity index (χ1v) is 12.9. The highest BCUT2D eigenvalue weighted by atomic mass is 16.5. The molecule has 0 aliphatic carbocycles. The third kappa shape index (κ3) is 4.40. The molecule has 0 spiro atoms. The number of rotatable bonds is 7. The molecule has 1 aliphatic heterocycles. The molecule has 8 nitrogen and oxygen atoms in total. The third-order valence-corrected chi connectivity index (χ3v) is 7.34. The van der Waals surface area contributed by atoms with E-state index in [4.69, 9.17) is 15.6 Å². The SMILES string of the molecule is C=C(c1ccccc1)C1(n2nc(-c3ccc(Oc4ccccc4)cc3)c3c(N)ncnc32)CCCN(C=O)C1. The van der Waals surface area contributed by atoms with Crippen LogP contribution in [0.3, 0.4) is 0 Å². The lowest BCUT2D eigenvalue weighted by Gasteiger charge is -2.43. The van der Waals surface area contributed by atoms with E-state index in [0.29, 0.717) is 41.4 Å². The summed E-state index contributed by atoms with van der Waals surface area (Å²) in [6.07, 6.45) is 3.89. The highest BCUT2D eigenvalue weighted by Gasteiger charge is 2.43. The quantitative estimate of drug-likeness (QED) is 0.286. The van der Waals surface area contributed by atoms with Gasteiger partial charge in [0.2, 0.25) is 6.41 Å². The molecule has 0 bridgehead atoms. The molecule has 5 aromatic rings. The van der Waals surface area contributed by atoms with Crippen LogP contribution in [0.5, 0.6) is 11.5 Å². The molecule has 3 heterocycles. The Morgan fingerprint density at radius 2 is 1.64 bits per heavy atom. The van der Waals surface area contributed by atoms with Crippen LogP contribution in [0.2, 0.25) is 0 Å². The number of piperidine rings is 1. The second-order valence-electron chi connectivity index (χ2n) is 9.71. The topological polar surface area (TPSA) is 99.2 Å².